The zero-order chi connectivity index (χ0) is 21.4. The Labute approximate surface area is 177 Å². The molecule has 0 bridgehead atoms. The maximum atomic E-state index is 12.6. The molecule has 2 rings (SSSR count). The first kappa shape index (κ1) is 22.7. The van der Waals surface area contributed by atoms with Gasteiger partial charge in [0.2, 0.25) is 5.91 Å². The zero-order valence-electron chi connectivity index (χ0n) is 17.9. The number of ether oxygens (including phenoxy) is 4. The Morgan fingerprint density at radius 1 is 0.931 bits per heavy atom. The Morgan fingerprint density at radius 2 is 1.59 bits per heavy atom. The summed E-state index contributed by atoms with van der Waals surface area (Å²) in [5, 5.41) is 0. The van der Waals surface area contributed by atoms with E-state index >= 15 is 0 Å². The molecule has 0 radical (unpaired) electrons. The highest BCUT2D eigenvalue weighted by molar-refractivity contribution is 7.99. The summed E-state index contributed by atoms with van der Waals surface area (Å²) in [7, 11) is 8.24. The quantitative estimate of drug-likeness (QED) is 0.582. The molecule has 0 saturated carbocycles. The average molecular weight is 420 g/mol. The van der Waals surface area contributed by atoms with Crippen LogP contribution in [0, 0.1) is 6.92 Å². The van der Waals surface area contributed by atoms with Crippen LogP contribution in [-0.2, 0) is 17.1 Å². The molecule has 0 N–H and O–H groups in total. The number of nitrogens with zero attached hydrogens (tertiary/aromatic N) is 1. The SMILES string of the molecule is COc1cc(C)c(CSCC(=O)N(C)Cc2cccc(OC)c2OC)cc1OC. The van der Waals surface area contributed by atoms with Crippen molar-refractivity contribution in [1.29, 1.82) is 0 Å². The van der Waals surface area contributed by atoms with Crippen molar-refractivity contribution in [2.45, 2.75) is 19.2 Å². The smallest absolute Gasteiger partial charge is 0.232 e. The van der Waals surface area contributed by atoms with E-state index in [1.54, 1.807) is 52.1 Å². The molecule has 0 unspecified atom stereocenters. The Bertz CT molecular complexity index is 840. The van der Waals surface area contributed by atoms with E-state index in [0.717, 1.165) is 16.7 Å². The highest BCUT2D eigenvalue weighted by Crippen LogP contribution is 2.33. The Kier molecular flexibility index (Phi) is 8.51. The van der Waals surface area contributed by atoms with E-state index in [1.807, 2.05) is 37.3 Å². The molecular formula is C22H29NO5S. The molecule has 0 fully saturated rings. The van der Waals surface area contributed by atoms with Crippen LogP contribution in [0.1, 0.15) is 16.7 Å². The first-order valence-corrected chi connectivity index (χ1v) is 10.3. The van der Waals surface area contributed by atoms with Crippen molar-refractivity contribution < 1.29 is 23.7 Å². The molecule has 0 aliphatic carbocycles. The van der Waals surface area contributed by atoms with Crippen molar-refractivity contribution in [3.63, 3.8) is 0 Å². The van der Waals surface area contributed by atoms with Gasteiger partial charge in [0.25, 0.3) is 0 Å². The van der Waals surface area contributed by atoms with Crippen LogP contribution < -0.4 is 18.9 Å². The molecule has 29 heavy (non-hydrogen) atoms. The van der Waals surface area contributed by atoms with Crippen LogP contribution in [0.15, 0.2) is 30.3 Å². The minimum atomic E-state index is 0.0537. The summed E-state index contributed by atoms with van der Waals surface area (Å²) in [6, 6.07) is 9.59. The molecule has 2 aromatic carbocycles. The van der Waals surface area contributed by atoms with Gasteiger partial charge in [0, 0.05) is 24.9 Å². The Morgan fingerprint density at radius 3 is 2.21 bits per heavy atom. The molecule has 1 amide bonds. The molecule has 0 heterocycles. The first-order valence-electron chi connectivity index (χ1n) is 9.18. The highest BCUT2D eigenvalue weighted by atomic mass is 32.2. The molecule has 0 aliphatic heterocycles. The predicted molar refractivity (Wildman–Crippen MR) is 116 cm³/mol. The maximum Gasteiger partial charge on any atom is 0.232 e. The highest BCUT2D eigenvalue weighted by Gasteiger charge is 2.15. The van der Waals surface area contributed by atoms with E-state index in [0.29, 0.717) is 41.0 Å². The fraction of sp³-hybridized carbons (Fsp3) is 0.409. The third-order valence-corrected chi connectivity index (χ3v) is 5.61. The minimum absolute atomic E-state index is 0.0537. The molecular weight excluding hydrogens is 390 g/mol. The fourth-order valence-electron chi connectivity index (χ4n) is 2.96. The summed E-state index contributed by atoms with van der Waals surface area (Å²) in [5.74, 6) is 3.87. The molecule has 2 aromatic rings. The number of carbonyl (C=O) groups excluding carboxylic acids is 1. The van der Waals surface area contributed by atoms with Gasteiger partial charge in [0.05, 0.1) is 34.2 Å². The van der Waals surface area contributed by atoms with E-state index in [-0.39, 0.29) is 5.91 Å². The summed E-state index contributed by atoms with van der Waals surface area (Å²) in [4.78, 5) is 14.3. The second kappa shape index (κ2) is 10.9. The normalized spacial score (nSPS) is 10.4. The second-order valence-electron chi connectivity index (χ2n) is 6.53. The number of amides is 1. The first-order chi connectivity index (χ1) is 13.9. The number of benzene rings is 2. The zero-order valence-corrected chi connectivity index (χ0v) is 18.7. The summed E-state index contributed by atoms with van der Waals surface area (Å²) in [5.41, 5.74) is 3.14. The van der Waals surface area contributed by atoms with E-state index in [2.05, 4.69) is 0 Å². The second-order valence-corrected chi connectivity index (χ2v) is 7.51. The van der Waals surface area contributed by atoms with Crippen molar-refractivity contribution in [3.8, 4) is 23.0 Å². The van der Waals surface area contributed by atoms with Crippen LogP contribution in [-0.4, -0.2) is 52.0 Å². The van der Waals surface area contributed by atoms with Crippen molar-refractivity contribution in [2.24, 2.45) is 0 Å². The number of rotatable bonds is 10. The number of carbonyl (C=O) groups is 1. The largest absolute Gasteiger partial charge is 0.493 e. The van der Waals surface area contributed by atoms with Crippen molar-refractivity contribution in [1.82, 2.24) is 4.90 Å². The molecule has 0 saturated heterocycles. The van der Waals surface area contributed by atoms with Gasteiger partial charge in [-0.1, -0.05) is 12.1 Å². The van der Waals surface area contributed by atoms with Gasteiger partial charge in [-0.05, 0) is 36.2 Å². The summed E-state index contributed by atoms with van der Waals surface area (Å²) in [6.45, 7) is 2.48. The number of thioether (sulfide) groups is 1. The van der Waals surface area contributed by atoms with Gasteiger partial charge in [0.1, 0.15) is 0 Å². The number of hydrogen-bond donors (Lipinski definition) is 0. The molecule has 0 atom stereocenters. The summed E-state index contributed by atoms with van der Waals surface area (Å²) < 4.78 is 21.5. The molecule has 7 heteroatoms. The van der Waals surface area contributed by atoms with Crippen molar-refractivity contribution in [2.75, 3.05) is 41.2 Å². The van der Waals surface area contributed by atoms with Crippen LogP contribution in [0.5, 0.6) is 23.0 Å². The average Bonchev–Trinajstić information content (AvgIpc) is 2.73. The molecule has 0 aliphatic rings. The fourth-order valence-corrected chi connectivity index (χ4v) is 3.99. The Balaban J connectivity index is 1.96. The van der Waals surface area contributed by atoms with Crippen LogP contribution in [0.3, 0.4) is 0 Å². The number of methoxy groups -OCH3 is 4. The van der Waals surface area contributed by atoms with Gasteiger partial charge in [-0.25, -0.2) is 0 Å². The third-order valence-electron chi connectivity index (χ3n) is 4.64. The van der Waals surface area contributed by atoms with Crippen LogP contribution in [0.2, 0.25) is 0 Å². The van der Waals surface area contributed by atoms with Crippen molar-refractivity contribution in [3.05, 3.63) is 47.0 Å². The lowest BCUT2D eigenvalue weighted by molar-refractivity contribution is -0.127. The monoisotopic (exact) mass is 419 g/mol. The summed E-state index contributed by atoms with van der Waals surface area (Å²) in [6.07, 6.45) is 0. The number of hydrogen-bond acceptors (Lipinski definition) is 6. The van der Waals surface area contributed by atoms with E-state index in [4.69, 9.17) is 18.9 Å². The minimum Gasteiger partial charge on any atom is -0.493 e. The standard InChI is InChI=1S/C22H29NO5S/c1-15-10-19(26-4)20(27-5)11-17(15)13-29-14-21(24)23(2)12-16-8-7-9-18(25-3)22(16)28-6/h7-11H,12-14H2,1-6H3. The lowest BCUT2D eigenvalue weighted by Crippen LogP contribution is -2.28. The van der Waals surface area contributed by atoms with Gasteiger partial charge in [-0.3, -0.25) is 4.79 Å². The van der Waals surface area contributed by atoms with Crippen LogP contribution in [0.25, 0.3) is 0 Å². The van der Waals surface area contributed by atoms with Gasteiger partial charge in [-0.15, -0.1) is 11.8 Å². The van der Waals surface area contributed by atoms with Gasteiger partial charge < -0.3 is 23.8 Å². The van der Waals surface area contributed by atoms with Gasteiger partial charge in [-0.2, -0.15) is 0 Å². The topological polar surface area (TPSA) is 57.2 Å². The van der Waals surface area contributed by atoms with Crippen LogP contribution >= 0.6 is 11.8 Å². The van der Waals surface area contributed by atoms with E-state index < -0.39 is 0 Å². The molecule has 158 valence electrons. The van der Waals surface area contributed by atoms with Crippen LogP contribution in [0.4, 0.5) is 0 Å². The lowest BCUT2D eigenvalue weighted by Gasteiger charge is -2.20. The maximum absolute atomic E-state index is 12.6. The van der Waals surface area contributed by atoms with E-state index in [9.17, 15) is 4.79 Å². The molecule has 0 spiro atoms. The Hall–Kier alpha value is -2.54. The van der Waals surface area contributed by atoms with E-state index in [1.165, 1.54) is 0 Å². The number of para-hydroxylation sites is 1. The molecule has 6 nitrogen and oxygen atoms in total. The van der Waals surface area contributed by atoms with Gasteiger partial charge >= 0.3 is 0 Å². The predicted octanol–water partition coefficient (Wildman–Crippen LogP) is 3.92. The number of aryl methyl sites for hydroxylation is 1. The third kappa shape index (κ3) is 5.73. The lowest BCUT2D eigenvalue weighted by atomic mass is 10.1. The van der Waals surface area contributed by atoms with Crippen molar-refractivity contribution >= 4 is 17.7 Å². The molecule has 0 aromatic heterocycles. The van der Waals surface area contributed by atoms with Gasteiger partial charge in [0.15, 0.2) is 23.0 Å². The summed E-state index contributed by atoms with van der Waals surface area (Å²) >= 11 is 1.57.